The summed E-state index contributed by atoms with van der Waals surface area (Å²) in [5.74, 6) is 0.563. The highest BCUT2D eigenvalue weighted by molar-refractivity contribution is 5.99. The number of rotatable bonds is 4. The van der Waals surface area contributed by atoms with Gasteiger partial charge in [0.15, 0.2) is 5.76 Å². The molecule has 0 unspecified atom stereocenters. The van der Waals surface area contributed by atoms with Crippen molar-refractivity contribution in [3.63, 3.8) is 0 Å². The molecule has 1 N–H and O–H groups in total. The molecule has 0 saturated carbocycles. The number of furan rings is 1. The molecule has 0 spiro atoms. The van der Waals surface area contributed by atoms with Crippen molar-refractivity contribution in [1.29, 1.82) is 0 Å². The first kappa shape index (κ1) is 18.8. The molecule has 1 fully saturated rings. The Morgan fingerprint density at radius 2 is 2.00 bits per heavy atom. The number of piperidine rings is 1. The fraction of sp³-hybridized carbons (Fsp3) is 0.526. The lowest BCUT2D eigenvalue weighted by atomic mass is 10.0. The molecule has 0 aliphatic carbocycles. The topological polar surface area (TPSA) is 45.5 Å². The van der Waals surface area contributed by atoms with Gasteiger partial charge < -0.3 is 14.6 Å². The molecule has 1 aliphatic rings. The molecule has 3 rings (SSSR count). The van der Waals surface area contributed by atoms with Crippen LogP contribution in [0.1, 0.15) is 47.9 Å². The van der Waals surface area contributed by atoms with Crippen LogP contribution in [-0.2, 0) is 0 Å². The lowest BCUT2D eigenvalue weighted by Gasteiger charge is -2.34. The summed E-state index contributed by atoms with van der Waals surface area (Å²) in [6.45, 7) is 8.89. The third kappa shape index (κ3) is 3.45. The summed E-state index contributed by atoms with van der Waals surface area (Å²) in [5, 5.41) is 4.42. The number of para-hydroxylation sites is 1. The predicted molar refractivity (Wildman–Crippen MR) is 100 cm³/mol. The van der Waals surface area contributed by atoms with Crippen molar-refractivity contribution in [3.8, 4) is 0 Å². The fourth-order valence-corrected chi connectivity index (χ4v) is 3.53. The van der Waals surface area contributed by atoms with Crippen molar-refractivity contribution >= 4 is 29.3 Å². The third-order valence-corrected chi connectivity index (χ3v) is 4.83. The number of carbonyl (C=O) groups is 1. The Labute approximate surface area is 150 Å². The van der Waals surface area contributed by atoms with Crippen LogP contribution in [-0.4, -0.2) is 36.5 Å². The molecule has 1 amide bonds. The zero-order valence-corrected chi connectivity index (χ0v) is 15.5. The smallest absolute Gasteiger partial charge is 0.290 e. The van der Waals surface area contributed by atoms with Gasteiger partial charge in [-0.2, -0.15) is 0 Å². The molecule has 24 heavy (non-hydrogen) atoms. The van der Waals surface area contributed by atoms with E-state index >= 15 is 0 Å². The molecule has 1 aromatic heterocycles. The third-order valence-electron chi connectivity index (χ3n) is 4.83. The summed E-state index contributed by atoms with van der Waals surface area (Å²) in [6, 6.07) is 6.39. The van der Waals surface area contributed by atoms with Crippen molar-refractivity contribution < 1.29 is 9.21 Å². The lowest BCUT2D eigenvalue weighted by Crippen LogP contribution is -2.46. The van der Waals surface area contributed by atoms with Crippen molar-refractivity contribution in [2.45, 2.75) is 46.1 Å². The second-order valence-corrected chi connectivity index (χ2v) is 6.49. The van der Waals surface area contributed by atoms with Crippen LogP contribution in [0.15, 0.2) is 22.6 Å². The number of aryl methyl sites for hydroxylation is 2. The maximum Gasteiger partial charge on any atom is 0.290 e. The van der Waals surface area contributed by atoms with E-state index in [4.69, 9.17) is 4.42 Å². The molecule has 0 atom stereocenters. The van der Waals surface area contributed by atoms with Gasteiger partial charge in [0.25, 0.3) is 5.91 Å². The molecular weight excluding hydrogens is 324 g/mol. The molecule has 2 aromatic rings. The molecule has 1 saturated heterocycles. The summed E-state index contributed by atoms with van der Waals surface area (Å²) >= 11 is 0. The van der Waals surface area contributed by atoms with E-state index in [-0.39, 0.29) is 18.3 Å². The van der Waals surface area contributed by atoms with Crippen LogP contribution in [0.25, 0.3) is 11.0 Å². The summed E-state index contributed by atoms with van der Waals surface area (Å²) in [6.07, 6.45) is 3.00. The SMILES string of the molecule is CCCN(C(=O)c1oc2c(C)cccc2c1C)C1CCNCC1.Cl. The molecule has 132 valence electrons. The van der Waals surface area contributed by atoms with E-state index in [1.807, 2.05) is 36.9 Å². The number of nitrogens with zero attached hydrogens (tertiary/aromatic N) is 1. The van der Waals surface area contributed by atoms with E-state index in [9.17, 15) is 4.79 Å². The minimum atomic E-state index is 0. The van der Waals surface area contributed by atoms with Gasteiger partial charge in [0.2, 0.25) is 0 Å². The van der Waals surface area contributed by atoms with E-state index < -0.39 is 0 Å². The Hall–Kier alpha value is -1.52. The van der Waals surface area contributed by atoms with Gasteiger partial charge in [-0.25, -0.2) is 0 Å². The molecule has 5 heteroatoms. The second-order valence-electron chi connectivity index (χ2n) is 6.49. The number of hydrogen-bond donors (Lipinski definition) is 1. The molecule has 1 aliphatic heterocycles. The minimum Gasteiger partial charge on any atom is -0.450 e. The highest BCUT2D eigenvalue weighted by Gasteiger charge is 2.29. The van der Waals surface area contributed by atoms with Gasteiger partial charge in [-0.1, -0.05) is 25.1 Å². The zero-order valence-electron chi connectivity index (χ0n) is 14.7. The number of benzene rings is 1. The van der Waals surface area contributed by atoms with Gasteiger partial charge in [-0.3, -0.25) is 4.79 Å². The van der Waals surface area contributed by atoms with Crippen LogP contribution in [0, 0.1) is 13.8 Å². The molecule has 1 aromatic carbocycles. The lowest BCUT2D eigenvalue weighted by molar-refractivity contribution is 0.0611. The Morgan fingerprint density at radius 1 is 1.29 bits per heavy atom. The van der Waals surface area contributed by atoms with Gasteiger partial charge in [-0.15, -0.1) is 12.4 Å². The first-order valence-corrected chi connectivity index (χ1v) is 8.64. The quantitative estimate of drug-likeness (QED) is 0.903. The first-order valence-electron chi connectivity index (χ1n) is 8.64. The number of hydrogen-bond acceptors (Lipinski definition) is 3. The number of nitrogens with one attached hydrogen (secondary N) is 1. The van der Waals surface area contributed by atoms with Gasteiger partial charge in [0.05, 0.1) is 0 Å². The van der Waals surface area contributed by atoms with Crippen molar-refractivity contribution in [2.75, 3.05) is 19.6 Å². The fourth-order valence-electron chi connectivity index (χ4n) is 3.53. The molecule has 0 bridgehead atoms. The summed E-state index contributed by atoms with van der Waals surface area (Å²) in [7, 11) is 0. The minimum absolute atomic E-state index is 0. The molecule has 4 nitrogen and oxygen atoms in total. The van der Waals surface area contributed by atoms with Crippen LogP contribution in [0.2, 0.25) is 0 Å². The van der Waals surface area contributed by atoms with Crippen LogP contribution in [0.4, 0.5) is 0 Å². The number of amides is 1. The van der Waals surface area contributed by atoms with Crippen molar-refractivity contribution in [2.24, 2.45) is 0 Å². The summed E-state index contributed by atoms with van der Waals surface area (Å²) in [5.41, 5.74) is 2.88. The van der Waals surface area contributed by atoms with Crippen molar-refractivity contribution in [1.82, 2.24) is 10.2 Å². The summed E-state index contributed by atoms with van der Waals surface area (Å²) in [4.78, 5) is 15.2. The highest BCUT2D eigenvalue weighted by atomic mass is 35.5. The number of carbonyl (C=O) groups excluding carboxylic acids is 1. The van der Waals surface area contributed by atoms with E-state index in [1.54, 1.807) is 0 Å². The van der Waals surface area contributed by atoms with E-state index in [0.717, 1.165) is 61.0 Å². The first-order chi connectivity index (χ1) is 11.1. The molecule has 0 radical (unpaired) electrons. The van der Waals surface area contributed by atoms with Gasteiger partial charge in [0, 0.05) is 23.5 Å². The number of halogens is 1. The highest BCUT2D eigenvalue weighted by Crippen LogP contribution is 2.29. The normalized spacial score (nSPS) is 15.3. The van der Waals surface area contributed by atoms with Crippen LogP contribution in [0.5, 0.6) is 0 Å². The van der Waals surface area contributed by atoms with Gasteiger partial charge in [0.1, 0.15) is 5.58 Å². The molecule has 2 heterocycles. The Morgan fingerprint density at radius 3 is 2.62 bits per heavy atom. The second kappa shape index (κ2) is 8.04. The van der Waals surface area contributed by atoms with Gasteiger partial charge >= 0.3 is 0 Å². The maximum absolute atomic E-state index is 13.1. The Bertz CT molecular complexity index is 705. The van der Waals surface area contributed by atoms with Gasteiger partial charge in [-0.05, 0) is 51.8 Å². The largest absolute Gasteiger partial charge is 0.450 e. The maximum atomic E-state index is 13.1. The van der Waals surface area contributed by atoms with E-state index in [2.05, 4.69) is 12.2 Å². The zero-order chi connectivity index (χ0) is 16.4. The van der Waals surface area contributed by atoms with Crippen molar-refractivity contribution in [3.05, 3.63) is 35.1 Å². The monoisotopic (exact) mass is 350 g/mol. The average molecular weight is 351 g/mol. The van der Waals surface area contributed by atoms with Crippen LogP contribution < -0.4 is 5.32 Å². The van der Waals surface area contributed by atoms with E-state index in [1.165, 1.54) is 0 Å². The number of fused-ring (bicyclic) bond motifs is 1. The standard InChI is InChI=1S/C19H26N2O2.ClH/c1-4-12-21(15-8-10-20-11-9-15)19(22)18-14(3)16-7-5-6-13(2)17(16)23-18;/h5-7,15,20H,4,8-12H2,1-3H3;1H. The average Bonchev–Trinajstić information content (AvgIpc) is 2.91. The predicted octanol–water partition coefficient (Wildman–Crippen LogP) is 4.08. The Kier molecular flexibility index (Phi) is 6.30. The van der Waals surface area contributed by atoms with Crippen LogP contribution >= 0.6 is 12.4 Å². The summed E-state index contributed by atoms with van der Waals surface area (Å²) < 4.78 is 6.00. The molecular formula is C19H27ClN2O2. The van der Waals surface area contributed by atoms with Crippen LogP contribution in [0.3, 0.4) is 0 Å². The van der Waals surface area contributed by atoms with E-state index in [0.29, 0.717) is 11.8 Å². The Balaban J connectivity index is 0.00000208.